The standard InChI is InChI=1S/C15H16N4O/c1-10(2)13-14(17-3)18-9-19-15(13)20-12-6-4-11(8-16)5-7-12/h4-7,9-10H,1-3H3,(H,17,18,19). The average Bonchev–Trinajstić information content (AvgIpc) is 2.47. The van der Waals surface area contributed by atoms with Crippen molar-refractivity contribution in [3.8, 4) is 17.7 Å². The number of aromatic nitrogens is 2. The fourth-order valence-electron chi connectivity index (χ4n) is 1.89. The van der Waals surface area contributed by atoms with Gasteiger partial charge in [-0.1, -0.05) is 13.8 Å². The molecule has 0 radical (unpaired) electrons. The van der Waals surface area contributed by atoms with Crippen molar-refractivity contribution < 1.29 is 4.74 Å². The monoisotopic (exact) mass is 268 g/mol. The predicted molar refractivity (Wildman–Crippen MR) is 76.9 cm³/mol. The molecule has 1 aromatic carbocycles. The third-order valence-corrected chi connectivity index (χ3v) is 2.86. The molecule has 0 bridgehead atoms. The third-order valence-electron chi connectivity index (χ3n) is 2.86. The lowest BCUT2D eigenvalue weighted by molar-refractivity contribution is 0.452. The summed E-state index contributed by atoms with van der Waals surface area (Å²) >= 11 is 0. The number of nitriles is 1. The SMILES string of the molecule is CNc1ncnc(Oc2ccc(C#N)cc2)c1C(C)C. The topological polar surface area (TPSA) is 70.8 Å². The van der Waals surface area contributed by atoms with Crippen molar-refractivity contribution >= 4 is 5.82 Å². The molecule has 0 aliphatic carbocycles. The smallest absolute Gasteiger partial charge is 0.227 e. The number of hydrogen-bond donors (Lipinski definition) is 1. The predicted octanol–water partition coefficient (Wildman–Crippen LogP) is 3.31. The molecule has 5 nitrogen and oxygen atoms in total. The molecule has 102 valence electrons. The number of hydrogen-bond acceptors (Lipinski definition) is 5. The van der Waals surface area contributed by atoms with Gasteiger partial charge in [-0.3, -0.25) is 0 Å². The van der Waals surface area contributed by atoms with Crippen molar-refractivity contribution in [3.05, 3.63) is 41.7 Å². The number of ether oxygens (including phenoxy) is 1. The minimum atomic E-state index is 0.229. The maximum atomic E-state index is 8.78. The van der Waals surface area contributed by atoms with E-state index in [1.165, 1.54) is 6.33 Å². The Balaban J connectivity index is 2.35. The Labute approximate surface area is 118 Å². The van der Waals surface area contributed by atoms with Crippen LogP contribution >= 0.6 is 0 Å². The van der Waals surface area contributed by atoms with Crippen LogP contribution in [0.1, 0.15) is 30.9 Å². The first-order chi connectivity index (χ1) is 9.65. The van der Waals surface area contributed by atoms with Crippen LogP contribution in [0.15, 0.2) is 30.6 Å². The molecule has 1 heterocycles. The lowest BCUT2D eigenvalue weighted by Crippen LogP contribution is -2.04. The molecule has 0 fully saturated rings. The van der Waals surface area contributed by atoms with Crippen LogP contribution in [0.4, 0.5) is 5.82 Å². The van der Waals surface area contributed by atoms with Gasteiger partial charge in [-0.05, 0) is 30.2 Å². The molecule has 20 heavy (non-hydrogen) atoms. The first-order valence-electron chi connectivity index (χ1n) is 6.36. The van der Waals surface area contributed by atoms with E-state index in [0.717, 1.165) is 11.4 Å². The van der Waals surface area contributed by atoms with Gasteiger partial charge in [0.05, 0.1) is 17.2 Å². The summed E-state index contributed by atoms with van der Waals surface area (Å²) in [5.74, 6) is 2.17. The van der Waals surface area contributed by atoms with Gasteiger partial charge in [0.2, 0.25) is 5.88 Å². The summed E-state index contributed by atoms with van der Waals surface area (Å²) in [6, 6.07) is 9.01. The van der Waals surface area contributed by atoms with Crippen molar-refractivity contribution in [3.63, 3.8) is 0 Å². The minimum absolute atomic E-state index is 0.229. The minimum Gasteiger partial charge on any atom is -0.439 e. The molecule has 0 saturated carbocycles. The summed E-state index contributed by atoms with van der Waals surface area (Å²) in [7, 11) is 1.82. The van der Waals surface area contributed by atoms with Gasteiger partial charge in [0.15, 0.2) is 0 Å². The Bertz CT molecular complexity index is 629. The molecule has 0 atom stereocenters. The fraction of sp³-hybridized carbons (Fsp3) is 0.267. The molecule has 2 aromatic rings. The van der Waals surface area contributed by atoms with Crippen LogP contribution < -0.4 is 10.1 Å². The molecule has 1 aromatic heterocycles. The van der Waals surface area contributed by atoms with Gasteiger partial charge in [0, 0.05) is 7.05 Å². The zero-order chi connectivity index (χ0) is 14.5. The zero-order valence-electron chi connectivity index (χ0n) is 11.7. The second kappa shape index (κ2) is 6.02. The zero-order valence-corrected chi connectivity index (χ0v) is 11.7. The van der Waals surface area contributed by atoms with Crippen LogP contribution in [0, 0.1) is 11.3 Å². The maximum Gasteiger partial charge on any atom is 0.227 e. The Morgan fingerprint density at radius 1 is 1.20 bits per heavy atom. The molecular formula is C15H16N4O. The maximum absolute atomic E-state index is 8.78. The van der Waals surface area contributed by atoms with E-state index in [0.29, 0.717) is 17.2 Å². The second-order valence-electron chi connectivity index (χ2n) is 4.58. The highest BCUT2D eigenvalue weighted by Gasteiger charge is 2.16. The van der Waals surface area contributed by atoms with E-state index >= 15 is 0 Å². The Hall–Kier alpha value is -2.61. The molecule has 1 N–H and O–H groups in total. The highest BCUT2D eigenvalue weighted by molar-refractivity contribution is 5.51. The molecule has 0 unspecified atom stereocenters. The average molecular weight is 268 g/mol. The summed E-state index contributed by atoms with van der Waals surface area (Å²) in [5, 5.41) is 11.8. The number of anilines is 1. The van der Waals surface area contributed by atoms with Crippen LogP contribution in [0.25, 0.3) is 0 Å². The quantitative estimate of drug-likeness (QED) is 0.921. The van der Waals surface area contributed by atoms with Gasteiger partial charge >= 0.3 is 0 Å². The number of rotatable bonds is 4. The van der Waals surface area contributed by atoms with Crippen LogP contribution in [0.2, 0.25) is 0 Å². The summed E-state index contributed by atoms with van der Waals surface area (Å²) < 4.78 is 5.81. The van der Waals surface area contributed by atoms with Crippen molar-refractivity contribution in [1.29, 1.82) is 5.26 Å². The molecule has 0 spiro atoms. The van der Waals surface area contributed by atoms with E-state index < -0.39 is 0 Å². The van der Waals surface area contributed by atoms with Crippen molar-refractivity contribution in [2.45, 2.75) is 19.8 Å². The van der Waals surface area contributed by atoms with E-state index in [2.05, 4.69) is 35.2 Å². The first kappa shape index (κ1) is 13.8. The summed E-state index contributed by atoms with van der Waals surface area (Å²) in [6.45, 7) is 4.12. The highest BCUT2D eigenvalue weighted by Crippen LogP contribution is 2.32. The molecule has 0 aliphatic rings. The van der Waals surface area contributed by atoms with Gasteiger partial charge in [0.25, 0.3) is 0 Å². The molecule has 0 saturated heterocycles. The van der Waals surface area contributed by atoms with Crippen molar-refractivity contribution in [1.82, 2.24) is 9.97 Å². The van der Waals surface area contributed by atoms with E-state index in [9.17, 15) is 0 Å². The molecule has 5 heteroatoms. The third kappa shape index (κ3) is 2.86. The highest BCUT2D eigenvalue weighted by atomic mass is 16.5. The van der Waals surface area contributed by atoms with E-state index in [1.807, 2.05) is 7.05 Å². The van der Waals surface area contributed by atoms with Crippen LogP contribution in [-0.2, 0) is 0 Å². The van der Waals surface area contributed by atoms with E-state index in [4.69, 9.17) is 10.00 Å². The fourth-order valence-corrected chi connectivity index (χ4v) is 1.89. The largest absolute Gasteiger partial charge is 0.439 e. The lowest BCUT2D eigenvalue weighted by Gasteiger charge is -2.15. The van der Waals surface area contributed by atoms with Crippen LogP contribution in [0.3, 0.4) is 0 Å². The van der Waals surface area contributed by atoms with Gasteiger partial charge in [-0.2, -0.15) is 5.26 Å². The Morgan fingerprint density at radius 2 is 1.90 bits per heavy atom. The van der Waals surface area contributed by atoms with Crippen molar-refractivity contribution in [2.24, 2.45) is 0 Å². The molecular weight excluding hydrogens is 252 g/mol. The Kier molecular flexibility index (Phi) is 4.16. The van der Waals surface area contributed by atoms with Crippen LogP contribution in [-0.4, -0.2) is 17.0 Å². The normalized spacial score (nSPS) is 10.2. The first-order valence-corrected chi connectivity index (χ1v) is 6.36. The summed E-state index contributed by atoms with van der Waals surface area (Å²) in [6.07, 6.45) is 1.47. The second-order valence-corrected chi connectivity index (χ2v) is 4.58. The van der Waals surface area contributed by atoms with Gasteiger partial charge < -0.3 is 10.1 Å². The number of benzene rings is 1. The van der Waals surface area contributed by atoms with E-state index in [1.54, 1.807) is 24.3 Å². The van der Waals surface area contributed by atoms with Gasteiger partial charge in [-0.25, -0.2) is 9.97 Å². The number of nitrogens with one attached hydrogen (secondary N) is 1. The number of nitrogens with zero attached hydrogens (tertiary/aromatic N) is 3. The summed E-state index contributed by atoms with van der Waals surface area (Å²) in [5.41, 5.74) is 1.53. The van der Waals surface area contributed by atoms with E-state index in [-0.39, 0.29) is 5.92 Å². The molecule has 0 amide bonds. The van der Waals surface area contributed by atoms with Gasteiger partial charge in [0.1, 0.15) is 17.9 Å². The molecule has 2 rings (SSSR count). The lowest BCUT2D eigenvalue weighted by atomic mass is 10.1. The van der Waals surface area contributed by atoms with Crippen LogP contribution in [0.5, 0.6) is 11.6 Å². The van der Waals surface area contributed by atoms with Crippen molar-refractivity contribution in [2.75, 3.05) is 12.4 Å². The molecule has 0 aliphatic heterocycles. The Morgan fingerprint density at radius 3 is 2.45 bits per heavy atom. The summed E-state index contributed by atoms with van der Waals surface area (Å²) in [4.78, 5) is 8.41. The van der Waals surface area contributed by atoms with Gasteiger partial charge in [-0.15, -0.1) is 0 Å².